The lowest BCUT2D eigenvalue weighted by Gasteiger charge is -2.27. The van der Waals surface area contributed by atoms with Crippen LogP contribution in [0.25, 0.3) is 0 Å². The normalized spacial score (nSPS) is 23.5. The van der Waals surface area contributed by atoms with E-state index in [0.29, 0.717) is 12.1 Å². The van der Waals surface area contributed by atoms with E-state index < -0.39 is 0 Å². The van der Waals surface area contributed by atoms with Gasteiger partial charge in [0.15, 0.2) is 0 Å². The van der Waals surface area contributed by atoms with E-state index in [1.165, 1.54) is 11.1 Å². The maximum absolute atomic E-state index is 2.48. The summed E-state index contributed by atoms with van der Waals surface area (Å²) in [6, 6.07) is 22.5. The predicted octanol–water partition coefficient (Wildman–Crippen LogP) is 4.60. The van der Waals surface area contributed by atoms with Crippen LogP contribution in [0, 0.1) is 0 Å². The minimum Gasteiger partial charge on any atom is -0.226 e. The minimum absolute atomic E-state index is 0.385. The molecule has 1 aliphatic rings. The molecule has 0 bridgehead atoms. The second-order valence-electron chi connectivity index (χ2n) is 5.05. The average molecular weight is 316 g/mol. The molecule has 2 nitrogen and oxygen atoms in total. The maximum atomic E-state index is 2.48. The van der Waals surface area contributed by atoms with Gasteiger partial charge in [0.1, 0.15) is 0 Å². The fourth-order valence-electron chi connectivity index (χ4n) is 2.97. The summed E-state index contributed by atoms with van der Waals surface area (Å²) < 4.78 is 4.95. The van der Waals surface area contributed by atoms with Crippen molar-refractivity contribution in [2.75, 3.05) is 19.2 Å². The average Bonchev–Trinajstić information content (AvgIpc) is 2.95. The highest BCUT2D eigenvalue weighted by Crippen LogP contribution is 2.48. The van der Waals surface area contributed by atoms with E-state index in [4.69, 9.17) is 0 Å². The summed E-state index contributed by atoms with van der Waals surface area (Å²) in [7, 11) is 0. The zero-order chi connectivity index (χ0) is 14.7. The van der Waals surface area contributed by atoms with Gasteiger partial charge in [0.2, 0.25) is 0 Å². The first kappa shape index (κ1) is 15.0. The molecule has 2 atom stereocenters. The smallest absolute Gasteiger partial charge is 0.0719 e. The van der Waals surface area contributed by atoms with Crippen molar-refractivity contribution < 1.29 is 0 Å². The Morgan fingerprint density at radius 2 is 1.10 bits per heavy atom. The standard InChI is InChI=1S/C17H20N2S2/c1-20-18-13-19(21-2)17(15-11-7-4-8-12-15)16(18)14-9-5-3-6-10-14/h3-12,16-17H,13H2,1-2H3. The van der Waals surface area contributed by atoms with Crippen LogP contribution in [0.1, 0.15) is 23.2 Å². The zero-order valence-electron chi connectivity index (χ0n) is 12.3. The Morgan fingerprint density at radius 1 is 0.714 bits per heavy atom. The van der Waals surface area contributed by atoms with Crippen LogP contribution in [0.2, 0.25) is 0 Å². The number of hydrogen-bond acceptors (Lipinski definition) is 4. The molecule has 1 saturated heterocycles. The van der Waals surface area contributed by atoms with E-state index in [0.717, 1.165) is 6.67 Å². The highest BCUT2D eigenvalue weighted by molar-refractivity contribution is 7.97. The van der Waals surface area contributed by atoms with E-state index in [1.54, 1.807) is 0 Å². The van der Waals surface area contributed by atoms with Crippen LogP contribution in [0.5, 0.6) is 0 Å². The van der Waals surface area contributed by atoms with E-state index in [9.17, 15) is 0 Å². The molecular formula is C17H20N2S2. The molecular weight excluding hydrogens is 296 g/mol. The van der Waals surface area contributed by atoms with Crippen LogP contribution in [-0.2, 0) is 0 Å². The Balaban J connectivity index is 2.03. The minimum atomic E-state index is 0.385. The first-order valence-electron chi connectivity index (χ1n) is 7.06. The third-order valence-electron chi connectivity index (χ3n) is 3.95. The fourth-order valence-corrected chi connectivity index (χ4v) is 4.45. The third-order valence-corrected chi connectivity index (χ3v) is 5.57. The summed E-state index contributed by atoms with van der Waals surface area (Å²) in [5, 5.41) is 0. The monoisotopic (exact) mass is 316 g/mol. The Labute approximate surface area is 135 Å². The second-order valence-corrected chi connectivity index (χ2v) is 6.72. The Hall–Kier alpha value is -0.940. The van der Waals surface area contributed by atoms with Gasteiger partial charge in [-0.1, -0.05) is 84.6 Å². The van der Waals surface area contributed by atoms with Crippen LogP contribution in [0.15, 0.2) is 60.7 Å². The number of hydrogen-bond donors (Lipinski definition) is 0. The zero-order valence-corrected chi connectivity index (χ0v) is 14.0. The molecule has 2 unspecified atom stereocenters. The lowest BCUT2D eigenvalue weighted by atomic mass is 9.95. The van der Waals surface area contributed by atoms with Gasteiger partial charge >= 0.3 is 0 Å². The largest absolute Gasteiger partial charge is 0.226 e. The Kier molecular flexibility index (Phi) is 4.91. The molecule has 0 aromatic heterocycles. The van der Waals surface area contributed by atoms with Gasteiger partial charge < -0.3 is 0 Å². The molecule has 1 aliphatic heterocycles. The van der Waals surface area contributed by atoms with Crippen LogP contribution in [-0.4, -0.2) is 27.8 Å². The second kappa shape index (κ2) is 6.88. The number of benzene rings is 2. The summed E-state index contributed by atoms with van der Waals surface area (Å²) in [6.07, 6.45) is 4.34. The Bertz CT molecular complexity index is 510. The first-order valence-corrected chi connectivity index (χ1v) is 9.43. The molecule has 0 amide bonds. The third kappa shape index (κ3) is 2.99. The van der Waals surface area contributed by atoms with Gasteiger partial charge in [0.05, 0.1) is 18.8 Å². The molecule has 0 spiro atoms. The van der Waals surface area contributed by atoms with Gasteiger partial charge in [0, 0.05) is 0 Å². The molecule has 0 aliphatic carbocycles. The summed E-state index contributed by atoms with van der Waals surface area (Å²) >= 11 is 3.66. The molecule has 0 saturated carbocycles. The van der Waals surface area contributed by atoms with Gasteiger partial charge in [-0.2, -0.15) is 0 Å². The molecule has 0 radical (unpaired) electrons. The van der Waals surface area contributed by atoms with Crippen LogP contribution < -0.4 is 0 Å². The molecule has 1 heterocycles. The van der Waals surface area contributed by atoms with Gasteiger partial charge in [-0.15, -0.1) is 0 Å². The van der Waals surface area contributed by atoms with Crippen molar-refractivity contribution in [3.8, 4) is 0 Å². The SMILES string of the molecule is CSN1CN(SC)C(c2ccccc2)C1c1ccccc1. The quantitative estimate of drug-likeness (QED) is 0.760. The number of rotatable bonds is 4. The van der Waals surface area contributed by atoms with Crippen molar-refractivity contribution in [1.82, 2.24) is 8.61 Å². The van der Waals surface area contributed by atoms with Crippen LogP contribution in [0.4, 0.5) is 0 Å². The van der Waals surface area contributed by atoms with Crippen LogP contribution >= 0.6 is 23.9 Å². The first-order chi connectivity index (χ1) is 10.3. The van der Waals surface area contributed by atoms with Crippen molar-refractivity contribution in [3.05, 3.63) is 71.8 Å². The fraction of sp³-hybridized carbons (Fsp3) is 0.294. The molecule has 3 rings (SSSR count). The van der Waals surface area contributed by atoms with E-state index >= 15 is 0 Å². The van der Waals surface area contributed by atoms with Crippen molar-refractivity contribution in [2.24, 2.45) is 0 Å². The summed E-state index contributed by atoms with van der Waals surface area (Å²) in [5.41, 5.74) is 2.77. The van der Waals surface area contributed by atoms with Crippen molar-refractivity contribution in [1.29, 1.82) is 0 Å². The van der Waals surface area contributed by atoms with E-state index in [2.05, 4.69) is 81.8 Å². The molecule has 2 aromatic rings. The van der Waals surface area contributed by atoms with Gasteiger partial charge in [-0.05, 0) is 23.6 Å². The lowest BCUT2D eigenvalue weighted by molar-refractivity contribution is 0.415. The van der Waals surface area contributed by atoms with E-state index in [-0.39, 0.29) is 0 Å². The summed E-state index contributed by atoms with van der Waals surface area (Å²) in [4.78, 5) is 0. The van der Waals surface area contributed by atoms with E-state index in [1.807, 2.05) is 23.9 Å². The molecule has 2 aromatic carbocycles. The van der Waals surface area contributed by atoms with Crippen molar-refractivity contribution in [2.45, 2.75) is 12.1 Å². The summed E-state index contributed by atoms with van der Waals surface area (Å²) in [5.74, 6) is 0. The Morgan fingerprint density at radius 3 is 1.43 bits per heavy atom. The van der Waals surface area contributed by atoms with Gasteiger partial charge in [0.25, 0.3) is 0 Å². The topological polar surface area (TPSA) is 6.48 Å². The highest BCUT2D eigenvalue weighted by atomic mass is 32.2. The summed E-state index contributed by atoms with van der Waals surface area (Å²) in [6.45, 7) is 0.974. The number of nitrogens with zero attached hydrogens (tertiary/aromatic N) is 2. The molecule has 110 valence electrons. The van der Waals surface area contributed by atoms with Gasteiger partial charge in [-0.25, -0.2) is 8.61 Å². The maximum Gasteiger partial charge on any atom is 0.0719 e. The predicted molar refractivity (Wildman–Crippen MR) is 93.9 cm³/mol. The molecule has 0 N–H and O–H groups in total. The van der Waals surface area contributed by atoms with Crippen molar-refractivity contribution >= 4 is 23.9 Å². The van der Waals surface area contributed by atoms with Crippen molar-refractivity contribution in [3.63, 3.8) is 0 Å². The van der Waals surface area contributed by atoms with Gasteiger partial charge in [-0.3, -0.25) is 0 Å². The highest BCUT2D eigenvalue weighted by Gasteiger charge is 2.41. The van der Waals surface area contributed by atoms with Crippen LogP contribution in [0.3, 0.4) is 0 Å². The molecule has 4 heteroatoms. The molecule has 21 heavy (non-hydrogen) atoms. The molecule has 1 fully saturated rings. The lowest BCUT2D eigenvalue weighted by Crippen LogP contribution is -2.18.